The van der Waals surface area contributed by atoms with Gasteiger partial charge in [0.25, 0.3) is 0 Å². The summed E-state index contributed by atoms with van der Waals surface area (Å²) in [4.78, 5) is 5.02. The van der Waals surface area contributed by atoms with E-state index in [0.717, 1.165) is 24.3 Å². The number of fused-ring (bicyclic) bond motifs is 1. The zero-order valence-electron chi connectivity index (χ0n) is 12.9. The number of rotatable bonds is 3. The molecule has 0 aromatic heterocycles. The molecule has 3 nitrogen and oxygen atoms in total. The van der Waals surface area contributed by atoms with Crippen molar-refractivity contribution in [2.75, 3.05) is 31.1 Å². The Morgan fingerprint density at radius 3 is 2.95 bits per heavy atom. The van der Waals surface area contributed by atoms with Gasteiger partial charge in [-0.05, 0) is 51.4 Å². The number of nitrogens with zero attached hydrogens (tertiary/aromatic N) is 2. The van der Waals surface area contributed by atoms with Crippen molar-refractivity contribution in [2.45, 2.75) is 44.7 Å². The molecular formula is C17H26FN3. The maximum atomic E-state index is 14.2. The van der Waals surface area contributed by atoms with Crippen LogP contribution in [0, 0.1) is 5.82 Å². The van der Waals surface area contributed by atoms with Crippen LogP contribution in [0.1, 0.15) is 31.7 Å². The van der Waals surface area contributed by atoms with Crippen LogP contribution < -0.4 is 10.6 Å². The fraction of sp³-hybridized carbons (Fsp3) is 0.647. The van der Waals surface area contributed by atoms with Gasteiger partial charge in [0.1, 0.15) is 5.82 Å². The van der Waals surface area contributed by atoms with Gasteiger partial charge in [0.2, 0.25) is 0 Å². The van der Waals surface area contributed by atoms with E-state index in [2.05, 4.69) is 22.8 Å². The molecule has 2 aliphatic rings. The molecule has 0 bridgehead atoms. The lowest BCUT2D eigenvalue weighted by Gasteiger charge is -2.49. The Bertz CT molecular complexity index is 491. The lowest BCUT2D eigenvalue weighted by Crippen LogP contribution is -2.59. The summed E-state index contributed by atoms with van der Waals surface area (Å²) < 4.78 is 14.2. The van der Waals surface area contributed by atoms with Crippen molar-refractivity contribution in [1.29, 1.82) is 0 Å². The van der Waals surface area contributed by atoms with Crippen molar-refractivity contribution >= 4 is 5.69 Å². The van der Waals surface area contributed by atoms with Crippen LogP contribution in [-0.4, -0.2) is 43.2 Å². The van der Waals surface area contributed by atoms with Gasteiger partial charge in [-0.3, -0.25) is 4.90 Å². The second-order valence-electron chi connectivity index (χ2n) is 6.42. The molecule has 2 N–H and O–H groups in total. The van der Waals surface area contributed by atoms with E-state index in [0.29, 0.717) is 25.0 Å². The van der Waals surface area contributed by atoms with E-state index in [1.54, 1.807) is 6.07 Å². The molecule has 0 radical (unpaired) electrons. The topological polar surface area (TPSA) is 32.5 Å². The number of nitrogens with two attached hydrogens (primary N) is 1. The largest absolute Gasteiger partial charge is 0.366 e. The average molecular weight is 291 g/mol. The van der Waals surface area contributed by atoms with Gasteiger partial charge in [-0.25, -0.2) is 4.39 Å². The maximum Gasteiger partial charge on any atom is 0.128 e. The number of hydrogen-bond acceptors (Lipinski definition) is 3. The number of halogens is 1. The first-order chi connectivity index (χ1) is 10.2. The van der Waals surface area contributed by atoms with E-state index in [-0.39, 0.29) is 5.82 Å². The lowest BCUT2D eigenvalue weighted by atomic mass is 9.95. The van der Waals surface area contributed by atoms with Crippen LogP contribution in [0.4, 0.5) is 10.1 Å². The Kier molecular flexibility index (Phi) is 4.45. The molecule has 21 heavy (non-hydrogen) atoms. The second kappa shape index (κ2) is 6.32. The van der Waals surface area contributed by atoms with Crippen LogP contribution >= 0.6 is 0 Å². The molecule has 2 unspecified atom stereocenters. The fourth-order valence-corrected chi connectivity index (χ4v) is 3.90. The quantitative estimate of drug-likeness (QED) is 0.928. The van der Waals surface area contributed by atoms with E-state index in [4.69, 9.17) is 5.73 Å². The van der Waals surface area contributed by atoms with Crippen LogP contribution in [0.3, 0.4) is 0 Å². The molecule has 1 aromatic rings. The molecule has 2 saturated heterocycles. The minimum Gasteiger partial charge on any atom is -0.366 e. The van der Waals surface area contributed by atoms with Gasteiger partial charge in [0, 0.05) is 36.4 Å². The molecule has 0 aliphatic carbocycles. The number of hydrogen-bond donors (Lipinski definition) is 1. The minimum absolute atomic E-state index is 0.115. The van der Waals surface area contributed by atoms with E-state index in [1.807, 2.05) is 6.07 Å². The van der Waals surface area contributed by atoms with Crippen LogP contribution in [0.2, 0.25) is 0 Å². The van der Waals surface area contributed by atoms with Crippen molar-refractivity contribution in [3.63, 3.8) is 0 Å². The van der Waals surface area contributed by atoms with E-state index in [1.165, 1.54) is 25.8 Å². The first kappa shape index (κ1) is 14.8. The second-order valence-corrected chi connectivity index (χ2v) is 6.42. The summed E-state index contributed by atoms with van der Waals surface area (Å²) in [5.74, 6) is -0.115. The summed E-state index contributed by atoms with van der Waals surface area (Å²) in [6.07, 6.45) is 4.52. The first-order valence-corrected chi connectivity index (χ1v) is 8.19. The normalized spacial score (nSPS) is 26.7. The molecule has 2 atom stereocenters. The summed E-state index contributed by atoms with van der Waals surface area (Å²) in [5, 5.41) is 0. The van der Waals surface area contributed by atoms with Crippen LogP contribution in [0.5, 0.6) is 0 Å². The minimum atomic E-state index is -0.115. The molecule has 116 valence electrons. The fourth-order valence-electron chi connectivity index (χ4n) is 3.90. The van der Waals surface area contributed by atoms with Crippen molar-refractivity contribution in [2.24, 2.45) is 5.73 Å². The third kappa shape index (κ3) is 2.92. The highest BCUT2D eigenvalue weighted by atomic mass is 19.1. The molecule has 2 aliphatic heterocycles. The highest BCUT2D eigenvalue weighted by molar-refractivity contribution is 5.56. The smallest absolute Gasteiger partial charge is 0.128 e. The van der Waals surface area contributed by atoms with Gasteiger partial charge < -0.3 is 10.6 Å². The summed E-state index contributed by atoms with van der Waals surface area (Å²) in [7, 11) is 0. The Morgan fingerprint density at radius 1 is 1.29 bits per heavy atom. The van der Waals surface area contributed by atoms with Crippen LogP contribution in [0.15, 0.2) is 18.2 Å². The van der Waals surface area contributed by atoms with Crippen molar-refractivity contribution in [1.82, 2.24) is 4.90 Å². The Balaban J connectivity index is 1.87. The zero-order chi connectivity index (χ0) is 14.8. The number of anilines is 1. The molecule has 4 heteroatoms. The monoisotopic (exact) mass is 291 g/mol. The van der Waals surface area contributed by atoms with Gasteiger partial charge in [-0.15, -0.1) is 0 Å². The predicted octanol–water partition coefficient (Wildman–Crippen LogP) is 2.39. The zero-order valence-corrected chi connectivity index (χ0v) is 12.9. The maximum absolute atomic E-state index is 14.2. The molecule has 3 rings (SSSR count). The van der Waals surface area contributed by atoms with E-state index < -0.39 is 0 Å². The van der Waals surface area contributed by atoms with Crippen LogP contribution in [-0.2, 0) is 6.42 Å². The van der Waals surface area contributed by atoms with Gasteiger partial charge in [0.15, 0.2) is 0 Å². The molecule has 2 fully saturated rings. The third-order valence-corrected chi connectivity index (χ3v) is 4.99. The Hall–Kier alpha value is -1.13. The van der Waals surface area contributed by atoms with Crippen LogP contribution in [0.25, 0.3) is 0 Å². The molecule has 1 aromatic carbocycles. The molecule has 2 heterocycles. The number of piperazine rings is 1. The van der Waals surface area contributed by atoms with Gasteiger partial charge in [0.05, 0.1) is 0 Å². The highest BCUT2D eigenvalue weighted by Gasteiger charge is 2.33. The molecule has 0 saturated carbocycles. The predicted molar refractivity (Wildman–Crippen MR) is 85.2 cm³/mol. The van der Waals surface area contributed by atoms with Gasteiger partial charge >= 0.3 is 0 Å². The summed E-state index contributed by atoms with van der Waals surface area (Å²) in [5.41, 5.74) is 7.52. The summed E-state index contributed by atoms with van der Waals surface area (Å²) in [6, 6.07) is 6.49. The SMILES string of the molecule is CC1CN2CCCCC2CN1c1cccc(F)c1CCN. The average Bonchev–Trinajstić information content (AvgIpc) is 2.49. The van der Waals surface area contributed by atoms with Crippen molar-refractivity contribution in [3.05, 3.63) is 29.6 Å². The first-order valence-electron chi connectivity index (χ1n) is 8.19. The number of piperidine rings is 1. The van der Waals surface area contributed by atoms with Gasteiger partial charge in [-0.2, -0.15) is 0 Å². The Morgan fingerprint density at radius 2 is 2.14 bits per heavy atom. The van der Waals surface area contributed by atoms with Crippen molar-refractivity contribution < 1.29 is 4.39 Å². The van der Waals surface area contributed by atoms with E-state index >= 15 is 0 Å². The molecular weight excluding hydrogens is 265 g/mol. The molecule has 0 amide bonds. The Labute approximate surface area is 126 Å². The third-order valence-electron chi connectivity index (χ3n) is 4.99. The van der Waals surface area contributed by atoms with E-state index in [9.17, 15) is 4.39 Å². The summed E-state index contributed by atoms with van der Waals surface area (Å²) >= 11 is 0. The standard InChI is InChI=1S/C17H26FN3/c1-13-11-20-10-3-2-5-14(20)12-21(13)17-7-4-6-16(18)15(17)8-9-19/h4,6-7,13-14H,2-3,5,8-12,19H2,1H3. The summed E-state index contributed by atoms with van der Waals surface area (Å²) in [6.45, 7) is 6.07. The lowest BCUT2D eigenvalue weighted by molar-refractivity contribution is 0.115. The van der Waals surface area contributed by atoms with Crippen molar-refractivity contribution in [3.8, 4) is 0 Å². The van der Waals surface area contributed by atoms with Gasteiger partial charge in [-0.1, -0.05) is 12.5 Å². The molecule has 0 spiro atoms. The highest BCUT2D eigenvalue weighted by Crippen LogP contribution is 2.31. The number of benzene rings is 1.